The Labute approximate surface area is 163 Å². The number of ether oxygens (including phenoxy) is 1. The zero-order valence-corrected chi connectivity index (χ0v) is 16.7. The summed E-state index contributed by atoms with van der Waals surface area (Å²) < 4.78 is 5.62. The van der Waals surface area contributed by atoms with Gasteiger partial charge in [-0.2, -0.15) is 0 Å². The highest BCUT2D eigenvalue weighted by atomic mass is 35.5. The van der Waals surface area contributed by atoms with Crippen molar-refractivity contribution in [2.75, 3.05) is 45.9 Å². The number of Topliss-reactive ketones (excluding diaryl/α,β-unsaturated/α-hetero) is 1. The molecular weight excluding hydrogens is 363 g/mol. The molecule has 25 heavy (non-hydrogen) atoms. The Bertz CT molecular complexity index is 492. The van der Waals surface area contributed by atoms with Crippen molar-refractivity contribution in [1.82, 2.24) is 9.80 Å². The molecule has 1 aliphatic rings. The third-order valence-corrected chi connectivity index (χ3v) is 4.32. The SMILES string of the molecule is CCC(=O)c1ccc(OCC(O)CN2CCN(CC)CC2)cc1.Cl.Cl. The number of piperazine rings is 1. The number of benzene rings is 1. The first-order valence-corrected chi connectivity index (χ1v) is 8.51. The van der Waals surface area contributed by atoms with Crippen molar-refractivity contribution in [1.29, 1.82) is 0 Å². The van der Waals surface area contributed by atoms with Crippen molar-refractivity contribution in [2.24, 2.45) is 0 Å². The van der Waals surface area contributed by atoms with E-state index >= 15 is 0 Å². The smallest absolute Gasteiger partial charge is 0.162 e. The minimum atomic E-state index is -0.500. The van der Waals surface area contributed by atoms with Gasteiger partial charge in [-0.05, 0) is 30.8 Å². The molecule has 0 radical (unpaired) electrons. The molecule has 0 spiro atoms. The van der Waals surface area contributed by atoms with Gasteiger partial charge in [0.1, 0.15) is 18.5 Å². The van der Waals surface area contributed by atoms with Crippen LogP contribution >= 0.6 is 24.8 Å². The lowest BCUT2D eigenvalue weighted by atomic mass is 10.1. The van der Waals surface area contributed by atoms with Crippen LogP contribution in [0.4, 0.5) is 0 Å². The molecule has 0 bridgehead atoms. The van der Waals surface area contributed by atoms with Crippen LogP contribution in [0.2, 0.25) is 0 Å². The van der Waals surface area contributed by atoms with Gasteiger partial charge in [0.2, 0.25) is 0 Å². The van der Waals surface area contributed by atoms with E-state index in [-0.39, 0.29) is 37.2 Å². The monoisotopic (exact) mass is 392 g/mol. The second-order valence-corrected chi connectivity index (χ2v) is 6.00. The number of nitrogens with zero attached hydrogens (tertiary/aromatic N) is 2. The van der Waals surface area contributed by atoms with Gasteiger partial charge in [0.15, 0.2) is 5.78 Å². The Morgan fingerprint density at radius 1 is 1.08 bits per heavy atom. The molecule has 0 amide bonds. The molecule has 0 saturated carbocycles. The number of halogens is 2. The molecule has 1 heterocycles. The van der Waals surface area contributed by atoms with E-state index in [1.807, 2.05) is 6.92 Å². The summed E-state index contributed by atoms with van der Waals surface area (Å²) in [6, 6.07) is 7.13. The van der Waals surface area contributed by atoms with E-state index in [0.29, 0.717) is 24.3 Å². The fourth-order valence-corrected chi connectivity index (χ4v) is 2.77. The highest BCUT2D eigenvalue weighted by molar-refractivity contribution is 5.95. The molecule has 1 N–H and O–H groups in total. The summed E-state index contributed by atoms with van der Waals surface area (Å²) in [5.41, 5.74) is 0.703. The van der Waals surface area contributed by atoms with Gasteiger partial charge in [-0.1, -0.05) is 13.8 Å². The van der Waals surface area contributed by atoms with Crippen molar-refractivity contribution in [3.05, 3.63) is 29.8 Å². The number of ketones is 1. The molecule has 1 unspecified atom stereocenters. The van der Waals surface area contributed by atoms with Crippen LogP contribution < -0.4 is 4.74 Å². The standard InChI is InChI=1S/C18H28N2O3.2ClH/c1-3-18(22)15-5-7-17(8-6-15)23-14-16(21)13-20-11-9-19(4-2)10-12-20;;/h5-8,16,21H,3-4,9-14H2,1-2H3;2*1H. The lowest BCUT2D eigenvalue weighted by Crippen LogP contribution is -2.49. The maximum atomic E-state index is 11.6. The average Bonchev–Trinajstić information content (AvgIpc) is 2.60. The molecule has 144 valence electrons. The summed E-state index contributed by atoms with van der Waals surface area (Å²) in [5.74, 6) is 0.815. The Kier molecular flexibility index (Phi) is 12.1. The highest BCUT2D eigenvalue weighted by Gasteiger charge is 2.18. The summed E-state index contributed by atoms with van der Waals surface area (Å²) in [6.07, 6.45) is 0.00430. The number of likely N-dealkylation sites (N-methyl/N-ethyl adjacent to an activating group) is 1. The Morgan fingerprint density at radius 3 is 2.16 bits per heavy atom. The first-order valence-electron chi connectivity index (χ1n) is 8.51. The van der Waals surface area contributed by atoms with E-state index < -0.39 is 6.10 Å². The first-order chi connectivity index (χ1) is 11.1. The fourth-order valence-electron chi connectivity index (χ4n) is 2.77. The van der Waals surface area contributed by atoms with Gasteiger partial charge in [0.05, 0.1) is 0 Å². The average molecular weight is 393 g/mol. The topological polar surface area (TPSA) is 53.0 Å². The van der Waals surface area contributed by atoms with Crippen LogP contribution in [0.3, 0.4) is 0 Å². The lowest BCUT2D eigenvalue weighted by Gasteiger charge is -2.34. The molecule has 0 aromatic heterocycles. The number of carbonyl (C=O) groups is 1. The third-order valence-electron chi connectivity index (χ3n) is 4.32. The second kappa shape index (κ2) is 12.5. The normalized spacial score (nSPS) is 16.4. The molecule has 1 aromatic carbocycles. The molecular formula is C18H30Cl2N2O3. The number of carbonyl (C=O) groups excluding carboxylic acids is 1. The Morgan fingerprint density at radius 2 is 1.64 bits per heavy atom. The highest BCUT2D eigenvalue weighted by Crippen LogP contribution is 2.14. The first kappa shape index (κ1) is 24.1. The zero-order chi connectivity index (χ0) is 16.7. The quantitative estimate of drug-likeness (QED) is 0.688. The molecule has 1 saturated heterocycles. The summed E-state index contributed by atoms with van der Waals surface area (Å²) in [5, 5.41) is 10.1. The van der Waals surface area contributed by atoms with Gasteiger partial charge < -0.3 is 14.7 Å². The van der Waals surface area contributed by atoms with E-state index in [4.69, 9.17) is 4.74 Å². The Hall–Kier alpha value is -0.850. The number of β-amino-alcohol motifs (C(OH)–C–C–N with tert-alkyl or cyclic N) is 1. The van der Waals surface area contributed by atoms with Gasteiger partial charge in [-0.25, -0.2) is 0 Å². The van der Waals surface area contributed by atoms with Crippen molar-refractivity contribution in [3.63, 3.8) is 0 Å². The molecule has 1 aliphatic heterocycles. The molecule has 7 heteroatoms. The van der Waals surface area contributed by atoms with E-state index in [1.54, 1.807) is 24.3 Å². The number of aliphatic hydroxyl groups is 1. The summed E-state index contributed by atoms with van der Waals surface area (Å²) in [6.45, 7) is 10.2. The maximum absolute atomic E-state index is 11.6. The minimum absolute atomic E-state index is 0. The molecule has 0 aliphatic carbocycles. The van der Waals surface area contributed by atoms with E-state index in [0.717, 1.165) is 32.7 Å². The minimum Gasteiger partial charge on any atom is -0.491 e. The molecule has 5 nitrogen and oxygen atoms in total. The third kappa shape index (κ3) is 7.92. The van der Waals surface area contributed by atoms with Crippen LogP contribution in [0.25, 0.3) is 0 Å². The number of hydrogen-bond acceptors (Lipinski definition) is 5. The van der Waals surface area contributed by atoms with Gasteiger partial charge in [0.25, 0.3) is 0 Å². The van der Waals surface area contributed by atoms with Crippen molar-refractivity contribution >= 4 is 30.6 Å². The second-order valence-electron chi connectivity index (χ2n) is 6.00. The van der Waals surface area contributed by atoms with Crippen LogP contribution in [0, 0.1) is 0 Å². The molecule has 1 atom stereocenters. The predicted molar refractivity (Wildman–Crippen MR) is 106 cm³/mol. The van der Waals surface area contributed by atoms with Gasteiger partial charge in [0, 0.05) is 44.7 Å². The fraction of sp³-hybridized carbons (Fsp3) is 0.611. The lowest BCUT2D eigenvalue weighted by molar-refractivity contribution is 0.0471. The predicted octanol–water partition coefficient (Wildman–Crippen LogP) is 2.50. The van der Waals surface area contributed by atoms with Crippen LogP contribution in [0.15, 0.2) is 24.3 Å². The van der Waals surface area contributed by atoms with E-state index in [1.165, 1.54) is 0 Å². The number of aliphatic hydroxyl groups excluding tert-OH is 1. The van der Waals surface area contributed by atoms with Crippen LogP contribution in [0.5, 0.6) is 5.75 Å². The molecule has 1 fully saturated rings. The summed E-state index contributed by atoms with van der Waals surface area (Å²) in [7, 11) is 0. The molecule has 2 rings (SSSR count). The van der Waals surface area contributed by atoms with Crippen molar-refractivity contribution in [3.8, 4) is 5.75 Å². The van der Waals surface area contributed by atoms with E-state index in [2.05, 4.69) is 16.7 Å². The van der Waals surface area contributed by atoms with Crippen LogP contribution in [0.1, 0.15) is 30.6 Å². The van der Waals surface area contributed by atoms with Crippen LogP contribution in [-0.4, -0.2) is 72.7 Å². The summed E-state index contributed by atoms with van der Waals surface area (Å²) in [4.78, 5) is 16.3. The van der Waals surface area contributed by atoms with Gasteiger partial charge in [-0.3, -0.25) is 9.69 Å². The number of hydrogen-bond donors (Lipinski definition) is 1. The van der Waals surface area contributed by atoms with Crippen molar-refractivity contribution in [2.45, 2.75) is 26.4 Å². The van der Waals surface area contributed by atoms with E-state index in [9.17, 15) is 9.90 Å². The van der Waals surface area contributed by atoms with Gasteiger partial charge >= 0.3 is 0 Å². The Balaban J connectivity index is 0.00000288. The van der Waals surface area contributed by atoms with Crippen LogP contribution in [-0.2, 0) is 0 Å². The van der Waals surface area contributed by atoms with Gasteiger partial charge in [-0.15, -0.1) is 24.8 Å². The molecule has 1 aromatic rings. The van der Waals surface area contributed by atoms with Crippen molar-refractivity contribution < 1.29 is 14.6 Å². The maximum Gasteiger partial charge on any atom is 0.162 e. The summed E-state index contributed by atoms with van der Waals surface area (Å²) >= 11 is 0. The number of rotatable bonds is 8. The zero-order valence-electron chi connectivity index (χ0n) is 15.0. The largest absolute Gasteiger partial charge is 0.491 e.